The average Bonchev–Trinajstić information content (AvgIpc) is 2.84. The van der Waals surface area contributed by atoms with Gasteiger partial charge in [0.05, 0.1) is 11.4 Å². The molecular formula is C15H23N3S. The van der Waals surface area contributed by atoms with Crippen LogP contribution in [0.5, 0.6) is 0 Å². The highest BCUT2D eigenvalue weighted by Crippen LogP contribution is 2.26. The Morgan fingerprint density at radius 1 is 1.21 bits per heavy atom. The van der Waals surface area contributed by atoms with Crippen LogP contribution in [0.2, 0.25) is 0 Å². The number of nitrogens with zero attached hydrogens (tertiary/aromatic N) is 3. The quantitative estimate of drug-likeness (QED) is 0.847. The average molecular weight is 277 g/mol. The molecule has 104 valence electrons. The maximum Gasteiger partial charge on any atom is 0.109 e. The van der Waals surface area contributed by atoms with Crippen LogP contribution < -0.4 is 0 Å². The molecule has 0 N–H and O–H groups in total. The Morgan fingerprint density at radius 3 is 2.37 bits per heavy atom. The molecule has 1 unspecified atom stereocenters. The Labute approximate surface area is 119 Å². The van der Waals surface area contributed by atoms with Crippen LogP contribution >= 0.6 is 11.5 Å². The second-order valence-electron chi connectivity index (χ2n) is 5.67. The molecule has 0 aliphatic rings. The minimum Gasteiger partial charge on any atom is -0.335 e. The summed E-state index contributed by atoms with van der Waals surface area (Å²) in [4.78, 5) is 4.76. The first-order valence-electron chi connectivity index (χ1n) is 6.84. The lowest BCUT2D eigenvalue weighted by molar-refractivity contribution is 0.652. The van der Waals surface area contributed by atoms with E-state index in [2.05, 4.69) is 56.0 Å². The topological polar surface area (TPSA) is 30.7 Å². The number of aryl methyl sites for hydroxylation is 2. The molecule has 2 heterocycles. The maximum absolute atomic E-state index is 4.76. The van der Waals surface area contributed by atoms with Gasteiger partial charge in [-0.25, -0.2) is 4.98 Å². The summed E-state index contributed by atoms with van der Waals surface area (Å²) in [5, 5.41) is 2.17. The molecule has 1 atom stereocenters. The highest BCUT2D eigenvalue weighted by atomic mass is 32.1. The summed E-state index contributed by atoms with van der Waals surface area (Å²) in [5.74, 6) is 2.17. The van der Waals surface area contributed by atoms with Crippen molar-refractivity contribution in [2.45, 2.75) is 52.9 Å². The molecule has 0 aliphatic heterocycles. The monoisotopic (exact) mass is 277 g/mol. The van der Waals surface area contributed by atoms with Gasteiger partial charge in [-0.3, -0.25) is 0 Å². The van der Waals surface area contributed by atoms with Gasteiger partial charge in [0.2, 0.25) is 0 Å². The van der Waals surface area contributed by atoms with Gasteiger partial charge in [-0.2, -0.15) is 4.37 Å². The van der Waals surface area contributed by atoms with Crippen molar-refractivity contribution in [2.24, 2.45) is 7.05 Å². The lowest BCUT2D eigenvalue weighted by Crippen LogP contribution is -2.07. The lowest BCUT2D eigenvalue weighted by atomic mass is 9.98. The summed E-state index contributed by atoms with van der Waals surface area (Å²) in [7, 11) is 2.14. The fourth-order valence-corrected chi connectivity index (χ4v) is 3.68. The predicted molar refractivity (Wildman–Crippen MR) is 81.0 cm³/mol. The predicted octanol–water partition coefficient (Wildman–Crippen LogP) is 3.96. The number of imidazole rings is 1. The van der Waals surface area contributed by atoms with Gasteiger partial charge >= 0.3 is 0 Å². The second-order valence-corrected chi connectivity index (χ2v) is 6.30. The molecule has 2 rings (SSSR count). The summed E-state index contributed by atoms with van der Waals surface area (Å²) in [6.45, 7) is 10.9. The number of hydrogen-bond donors (Lipinski definition) is 0. The summed E-state index contributed by atoms with van der Waals surface area (Å²) in [5.41, 5.74) is 5.03. The maximum atomic E-state index is 4.76. The van der Waals surface area contributed by atoms with Crippen LogP contribution in [-0.4, -0.2) is 13.9 Å². The van der Waals surface area contributed by atoms with E-state index in [4.69, 9.17) is 4.98 Å². The van der Waals surface area contributed by atoms with Crippen LogP contribution in [0.4, 0.5) is 0 Å². The van der Waals surface area contributed by atoms with E-state index in [0.717, 1.165) is 12.1 Å². The fourth-order valence-electron chi connectivity index (χ4n) is 2.85. The van der Waals surface area contributed by atoms with Crippen molar-refractivity contribution in [3.05, 3.63) is 33.8 Å². The zero-order valence-corrected chi connectivity index (χ0v) is 13.5. The number of aromatic nitrogens is 3. The first kappa shape index (κ1) is 14.3. The van der Waals surface area contributed by atoms with E-state index in [1.54, 1.807) is 11.5 Å². The van der Waals surface area contributed by atoms with Gasteiger partial charge in [-0.05, 0) is 42.8 Å². The third kappa shape index (κ3) is 2.73. The first-order valence-corrected chi connectivity index (χ1v) is 7.68. The lowest BCUT2D eigenvalue weighted by Gasteiger charge is -2.13. The molecule has 0 radical (unpaired) electrons. The van der Waals surface area contributed by atoms with Gasteiger partial charge in [-0.15, -0.1) is 0 Å². The summed E-state index contributed by atoms with van der Waals surface area (Å²) < 4.78 is 6.64. The molecule has 0 saturated carbocycles. The fraction of sp³-hybridized carbons (Fsp3) is 0.600. The van der Waals surface area contributed by atoms with Crippen molar-refractivity contribution in [3.8, 4) is 0 Å². The molecule has 19 heavy (non-hydrogen) atoms. The van der Waals surface area contributed by atoms with Crippen molar-refractivity contribution in [1.82, 2.24) is 13.9 Å². The third-order valence-corrected chi connectivity index (χ3v) is 4.51. The Balaban J connectivity index is 2.25. The number of hydrogen-bond acceptors (Lipinski definition) is 3. The molecule has 0 aliphatic carbocycles. The first-order chi connectivity index (χ1) is 8.91. The van der Waals surface area contributed by atoms with Gasteiger partial charge < -0.3 is 4.57 Å². The van der Waals surface area contributed by atoms with Crippen LogP contribution in [0.25, 0.3) is 0 Å². The van der Waals surface area contributed by atoms with Gasteiger partial charge in [0.25, 0.3) is 0 Å². The van der Waals surface area contributed by atoms with Crippen molar-refractivity contribution in [3.63, 3.8) is 0 Å². The van der Waals surface area contributed by atoms with Crippen molar-refractivity contribution in [1.29, 1.82) is 0 Å². The van der Waals surface area contributed by atoms with E-state index < -0.39 is 0 Å². The van der Waals surface area contributed by atoms with Gasteiger partial charge in [-0.1, -0.05) is 20.8 Å². The van der Waals surface area contributed by atoms with Crippen LogP contribution in [0, 0.1) is 13.8 Å². The van der Waals surface area contributed by atoms with E-state index in [9.17, 15) is 0 Å². The third-order valence-electron chi connectivity index (χ3n) is 3.77. The molecule has 3 nitrogen and oxygen atoms in total. The highest BCUT2D eigenvalue weighted by Gasteiger charge is 2.18. The molecule has 0 aromatic carbocycles. The minimum absolute atomic E-state index is 0.472. The molecular weight excluding hydrogens is 254 g/mol. The van der Waals surface area contributed by atoms with E-state index >= 15 is 0 Å². The van der Waals surface area contributed by atoms with Crippen molar-refractivity contribution in [2.75, 3.05) is 0 Å². The Bertz CT molecular complexity index is 566. The second kappa shape index (κ2) is 5.45. The van der Waals surface area contributed by atoms with Crippen LogP contribution in [0.15, 0.2) is 5.38 Å². The van der Waals surface area contributed by atoms with Crippen LogP contribution in [-0.2, 0) is 13.5 Å². The van der Waals surface area contributed by atoms with Gasteiger partial charge in [0.1, 0.15) is 5.82 Å². The zero-order chi connectivity index (χ0) is 14.2. The molecule has 0 bridgehead atoms. The molecule has 0 saturated heterocycles. The molecule has 4 heteroatoms. The Morgan fingerprint density at radius 2 is 1.89 bits per heavy atom. The van der Waals surface area contributed by atoms with Crippen LogP contribution in [0.3, 0.4) is 0 Å². The molecule has 2 aromatic rings. The van der Waals surface area contributed by atoms with Crippen molar-refractivity contribution >= 4 is 11.5 Å². The molecule has 0 fully saturated rings. The van der Waals surface area contributed by atoms with Gasteiger partial charge in [0.15, 0.2) is 0 Å². The molecule has 0 amide bonds. The largest absolute Gasteiger partial charge is 0.335 e. The van der Waals surface area contributed by atoms with E-state index in [0.29, 0.717) is 11.8 Å². The minimum atomic E-state index is 0.472. The smallest absolute Gasteiger partial charge is 0.109 e. The van der Waals surface area contributed by atoms with E-state index in [-0.39, 0.29) is 0 Å². The summed E-state index contributed by atoms with van der Waals surface area (Å²) >= 11 is 1.55. The van der Waals surface area contributed by atoms with Crippen LogP contribution in [0.1, 0.15) is 61.1 Å². The number of rotatable bonds is 4. The summed E-state index contributed by atoms with van der Waals surface area (Å²) in [6.07, 6.45) is 0.976. The standard InChI is InChI=1S/C15H23N3S/c1-9(2)15-12(5)16-14(18(15)6)7-10(3)13-8-19-17-11(13)4/h8-10H,7H2,1-6H3. The summed E-state index contributed by atoms with van der Waals surface area (Å²) in [6, 6.07) is 0. The van der Waals surface area contributed by atoms with E-state index in [1.807, 2.05) is 0 Å². The Kier molecular flexibility index (Phi) is 4.09. The zero-order valence-electron chi connectivity index (χ0n) is 12.7. The van der Waals surface area contributed by atoms with Crippen molar-refractivity contribution < 1.29 is 0 Å². The van der Waals surface area contributed by atoms with E-state index in [1.165, 1.54) is 22.8 Å². The van der Waals surface area contributed by atoms with Gasteiger partial charge in [0, 0.05) is 24.5 Å². The molecule has 2 aromatic heterocycles. The SMILES string of the molecule is Cc1nscc1C(C)Cc1nc(C)c(C(C)C)n1C. The normalized spacial score (nSPS) is 13.2. The molecule has 0 spiro atoms. The highest BCUT2D eigenvalue weighted by molar-refractivity contribution is 7.03. The Hall–Kier alpha value is -1.16.